The molecular weight excluding hydrogens is 682 g/mol. The molecule has 15 nitrogen and oxygen atoms in total. The highest BCUT2D eigenvalue weighted by atomic mass is 127. The Kier molecular flexibility index (Phi) is 9.71. The van der Waals surface area contributed by atoms with Gasteiger partial charge in [0.15, 0.2) is 11.9 Å². The van der Waals surface area contributed by atoms with Crippen molar-refractivity contribution < 1.29 is 42.4 Å². The summed E-state index contributed by atoms with van der Waals surface area (Å²) in [5.74, 6) is -3.07. The van der Waals surface area contributed by atoms with Gasteiger partial charge in [-0.25, -0.2) is 9.59 Å². The maximum atomic E-state index is 13.3. The minimum atomic E-state index is -1.68. The maximum Gasteiger partial charge on any atom is 0.414 e. The number of carbonyl (C=O) groups is 5. The van der Waals surface area contributed by atoms with Gasteiger partial charge in [-0.05, 0) is 40.2 Å². The molecule has 3 heterocycles. The molecule has 2 radical (unpaired) electrons. The first kappa shape index (κ1) is 31.6. The Bertz CT molecular complexity index is 1330. The lowest BCUT2D eigenvalue weighted by Crippen LogP contribution is -2.74. The van der Waals surface area contributed by atoms with Gasteiger partial charge in [0.1, 0.15) is 22.7 Å². The molecule has 1 saturated heterocycles. The number of amides is 3. The van der Waals surface area contributed by atoms with E-state index < -0.39 is 63.0 Å². The third-order valence-electron chi connectivity index (χ3n) is 5.07. The number of fused-ring (bicyclic) bond motifs is 1. The Morgan fingerprint density at radius 3 is 2.55 bits per heavy atom. The molecule has 214 valence electrons. The average Bonchev–Trinajstić information content (AvgIpc) is 3.32. The van der Waals surface area contributed by atoms with Gasteiger partial charge in [0.05, 0.1) is 16.6 Å². The van der Waals surface area contributed by atoms with Crippen LogP contribution in [0.15, 0.2) is 16.4 Å². The lowest BCUT2D eigenvalue weighted by molar-refractivity contribution is -0.149. The number of carbonyl (C=O) groups excluding carboxylic acids is 5. The van der Waals surface area contributed by atoms with E-state index >= 15 is 0 Å². The van der Waals surface area contributed by atoms with Crippen molar-refractivity contribution in [2.24, 2.45) is 5.16 Å². The van der Waals surface area contributed by atoms with Crippen LogP contribution in [0.25, 0.3) is 0 Å². The first-order chi connectivity index (χ1) is 18.6. The van der Waals surface area contributed by atoms with E-state index in [0.717, 1.165) is 4.90 Å². The molecule has 1 fully saturated rings. The highest BCUT2D eigenvalue weighted by molar-refractivity contribution is 14.1. The number of nitrogens with zero attached hydrogens (tertiary/aromatic N) is 4. The summed E-state index contributed by atoms with van der Waals surface area (Å²) in [7, 11) is 3.34. The third-order valence-corrected chi connectivity index (χ3v) is 8.28. The van der Waals surface area contributed by atoms with Crippen molar-refractivity contribution in [1.82, 2.24) is 19.6 Å². The SMILES string of the molecule is [B]OC(=O)C1=C(CI)CS(=O)[C@@H]2[C@H](NC(=O)/C(=N\OC(C)(C)C=O)c3nsc(NC(=O)OC(C)(C)C)n3)C(=O)N12. The maximum absolute atomic E-state index is 13.3. The van der Waals surface area contributed by atoms with Crippen molar-refractivity contribution in [3.63, 3.8) is 0 Å². The van der Waals surface area contributed by atoms with Crippen LogP contribution in [0.4, 0.5) is 9.93 Å². The number of nitrogens with one attached hydrogen (secondary N) is 2. The van der Waals surface area contributed by atoms with Gasteiger partial charge in [0, 0.05) is 16.0 Å². The van der Waals surface area contributed by atoms with Crippen LogP contribution in [0.3, 0.4) is 0 Å². The van der Waals surface area contributed by atoms with Crippen LogP contribution in [0.2, 0.25) is 0 Å². The molecule has 0 saturated carbocycles. The minimum Gasteiger partial charge on any atom is -0.539 e. The fraction of sp³-hybridized carbons (Fsp3) is 0.524. The van der Waals surface area contributed by atoms with Crippen LogP contribution in [-0.4, -0.2) is 95.2 Å². The summed E-state index contributed by atoms with van der Waals surface area (Å²) in [6, 6.07) is -1.31. The molecule has 0 spiro atoms. The zero-order valence-corrected chi connectivity index (χ0v) is 25.7. The monoisotopic (exact) mass is 706 g/mol. The van der Waals surface area contributed by atoms with Gasteiger partial charge < -0.3 is 19.5 Å². The number of β-lactam (4-membered cyclic amide) rings is 1. The molecule has 40 heavy (non-hydrogen) atoms. The van der Waals surface area contributed by atoms with Gasteiger partial charge in [0.2, 0.25) is 16.7 Å². The van der Waals surface area contributed by atoms with Crippen molar-refractivity contribution >= 4 is 94.0 Å². The van der Waals surface area contributed by atoms with Crippen molar-refractivity contribution in [3.05, 3.63) is 17.1 Å². The van der Waals surface area contributed by atoms with E-state index in [9.17, 15) is 28.2 Å². The normalized spacial score (nSPS) is 21.1. The van der Waals surface area contributed by atoms with Crippen LogP contribution in [0.1, 0.15) is 40.4 Å². The number of hydrogen-bond donors (Lipinski definition) is 2. The molecule has 0 bridgehead atoms. The number of halogens is 1. The third kappa shape index (κ3) is 7.03. The van der Waals surface area contributed by atoms with E-state index in [0.29, 0.717) is 23.4 Å². The smallest absolute Gasteiger partial charge is 0.414 e. The van der Waals surface area contributed by atoms with Gasteiger partial charge in [-0.1, -0.05) is 27.7 Å². The van der Waals surface area contributed by atoms with Crippen molar-refractivity contribution in [1.29, 1.82) is 0 Å². The predicted octanol–water partition coefficient (Wildman–Crippen LogP) is 0.314. The van der Waals surface area contributed by atoms with Gasteiger partial charge >= 0.3 is 20.1 Å². The Balaban J connectivity index is 1.87. The van der Waals surface area contributed by atoms with Gasteiger partial charge in [-0.3, -0.25) is 28.8 Å². The summed E-state index contributed by atoms with van der Waals surface area (Å²) in [6.45, 7) is 7.78. The second kappa shape index (κ2) is 12.3. The van der Waals surface area contributed by atoms with Crippen LogP contribution in [0.5, 0.6) is 0 Å². The van der Waals surface area contributed by atoms with E-state index in [1.165, 1.54) is 13.8 Å². The zero-order chi connectivity index (χ0) is 30.0. The quantitative estimate of drug-likeness (QED) is 0.0683. The summed E-state index contributed by atoms with van der Waals surface area (Å²) < 4.78 is 26.7. The first-order valence-electron chi connectivity index (χ1n) is 11.4. The predicted molar refractivity (Wildman–Crippen MR) is 151 cm³/mol. The molecule has 2 N–H and O–H groups in total. The molecule has 3 amide bonds. The fourth-order valence-corrected chi connectivity index (χ4v) is 6.58. The highest BCUT2D eigenvalue weighted by Gasteiger charge is 2.57. The van der Waals surface area contributed by atoms with Crippen molar-refractivity contribution in [2.45, 2.75) is 57.2 Å². The number of oxime groups is 1. The van der Waals surface area contributed by atoms with Gasteiger partial charge in [-0.2, -0.15) is 9.36 Å². The fourth-order valence-electron chi connectivity index (χ4n) is 3.34. The average molecular weight is 706 g/mol. The standard InChI is InChI=1S/C21H24BIN6O9S2/c1-20(2,3)36-19(34)26-18-25-13(28-39-18)10(27-38-21(4,5)8-30)14(31)24-11-15(32)29-12(17(33)37-22)9(6-23)7-40(35)16(11)29/h8,11,16H,6-7H2,1-5H3,(H,24,31)(H,25,26,28,34)/b27-10-/t11-,16-,40?/m1/s1. The largest absolute Gasteiger partial charge is 0.539 e. The van der Waals surface area contributed by atoms with Crippen LogP contribution in [0, 0.1) is 0 Å². The zero-order valence-electron chi connectivity index (χ0n) is 21.9. The topological polar surface area (TPSA) is 196 Å². The lowest BCUT2D eigenvalue weighted by atomic mass is 10.0. The summed E-state index contributed by atoms with van der Waals surface area (Å²) in [4.78, 5) is 72.2. The highest BCUT2D eigenvalue weighted by Crippen LogP contribution is 2.36. The van der Waals surface area contributed by atoms with Crippen molar-refractivity contribution in [3.8, 4) is 0 Å². The molecule has 3 atom stereocenters. The van der Waals surface area contributed by atoms with Crippen LogP contribution in [-0.2, 0) is 44.2 Å². The Morgan fingerprint density at radius 2 is 1.98 bits per heavy atom. The molecule has 0 aromatic carbocycles. The lowest BCUT2D eigenvalue weighted by Gasteiger charge is -2.49. The number of hydrogen-bond acceptors (Lipinski definition) is 13. The second-order valence-electron chi connectivity index (χ2n) is 9.87. The number of anilines is 1. The van der Waals surface area contributed by atoms with Crippen LogP contribution >= 0.6 is 34.1 Å². The van der Waals surface area contributed by atoms with E-state index in [2.05, 4.69) is 29.8 Å². The number of ether oxygens (including phenoxy) is 1. The molecular formula is C21H24BIN6O9S2. The summed E-state index contributed by atoms with van der Waals surface area (Å²) >= 11 is 2.66. The van der Waals surface area contributed by atoms with Gasteiger partial charge in [0.25, 0.3) is 11.8 Å². The van der Waals surface area contributed by atoms with E-state index in [4.69, 9.17) is 17.6 Å². The van der Waals surface area contributed by atoms with E-state index in [-0.39, 0.29) is 26.8 Å². The first-order valence-corrected chi connectivity index (χ1v) is 15.1. The summed E-state index contributed by atoms with van der Waals surface area (Å²) in [5, 5.41) is 7.41. The second-order valence-corrected chi connectivity index (χ2v) is 12.9. The number of rotatable bonds is 9. The molecule has 19 heteroatoms. The molecule has 2 aliphatic rings. The summed E-state index contributed by atoms with van der Waals surface area (Å²) in [6.07, 6.45) is -0.369. The number of alkyl halides is 1. The van der Waals surface area contributed by atoms with E-state index in [1.54, 1.807) is 20.8 Å². The number of aromatic nitrogens is 2. The Hall–Kier alpha value is -2.94. The molecule has 3 rings (SSSR count). The van der Waals surface area contributed by atoms with Gasteiger partial charge in [-0.15, -0.1) is 0 Å². The van der Waals surface area contributed by atoms with E-state index in [1.807, 2.05) is 22.6 Å². The van der Waals surface area contributed by atoms with Crippen molar-refractivity contribution in [2.75, 3.05) is 15.5 Å². The molecule has 1 aromatic rings. The molecule has 1 unspecified atom stereocenters. The minimum absolute atomic E-state index is 0.0416. The Morgan fingerprint density at radius 1 is 1.30 bits per heavy atom. The Labute approximate surface area is 250 Å². The van der Waals surface area contributed by atoms with Crippen LogP contribution < -0.4 is 10.6 Å². The molecule has 2 aliphatic heterocycles. The summed E-state index contributed by atoms with van der Waals surface area (Å²) in [5.41, 5.74) is -2.48. The molecule has 0 aliphatic carbocycles. The number of aldehydes is 1. The molecule has 1 aromatic heterocycles.